The van der Waals surface area contributed by atoms with Gasteiger partial charge in [0.1, 0.15) is 0 Å². The number of benzene rings is 1. The Labute approximate surface area is 126 Å². The van der Waals surface area contributed by atoms with E-state index in [2.05, 4.69) is 4.90 Å². The maximum Gasteiger partial charge on any atom is 0.303 e. The third-order valence-electron chi connectivity index (χ3n) is 4.30. The van der Waals surface area contributed by atoms with E-state index in [1.54, 1.807) is 0 Å². The topological polar surface area (TPSA) is 60.8 Å². The third kappa shape index (κ3) is 4.83. The molecule has 0 saturated carbocycles. The van der Waals surface area contributed by atoms with Gasteiger partial charge in [0.25, 0.3) is 0 Å². The minimum absolute atomic E-state index is 0.244. The van der Waals surface area contributed by atoms with Gasteiger partial charge < -0.3 is 10.2 Å². The van der Waals surface area contributed by atoms with Gasteiger partial charge in [-0.3, -0.25) is 9.69 Å². The number of carboxylic acid groups (broad SMARTS) is 1. The molecular formula is C17H25NO3. The summed E-state index contributed by atoms with van der Waals surface area (Å²) in [6, 6.07) is 9.73. The van der Waals surface area contributed by atoms with Crippen LogP contribution in [0.25, 0.3) is 0 Å². The molecule has 1 aliphatic heterocycles. The zero-order chi connectivity index (χ0) is 15.3. The van der Waals surface area contributed by atoms with Gasteiger partial charge in [0.15, 0.2) is 0 Å². The van der Waals surface area contributed by atoms with Crippen LogP contribution in [0.5, 0.6) is 0 Å². The molecule has 0 aromatic heterocycles. The fourth-order valence-corrected chi connectivity index (χ4v) is 3.18. The molecule has 0 radical (unpaired) electrons. The summed E-state index contributed by atoms with van der Waals surface area (Å²) >= 11 is 0. The highest BCUT2D eigenvalue weighted by atomic mass is 16.4. The van der Waals surface area contributed by atoms with Gasteiger partial charge in [-0.05, 0) is 44.2 Å². The van der Waals surface area contributed by atoms with Crippen LogP contribution in [0.1, 0.15) is 38.2 Å². The summed E-state index contributed by atoms with van der Waals surface area (Å²) in [6.07, 6.45) is 3.15. The number of aliphatic carboxylic acids is 1. The number of likely N-dealkylation sites (tertiary alicyclic amines) is 1. The summed E-state index contributed by atoms with van der Waals surface area (Å²) in [4.78, 5) is 13.0. The Hall–Kier alpha value is -1.39. The van der Waals surface area contributed by atoms with Crippen molar-refractivity contribution >= 4 is 5.97 Å². The Morgan fingerprint density at radius 1 is 1.38 bits per heavy atom. The van der Waals surface area contributed by atoms with Crippen LogP contribution >= 0.6 is 0 Å². The smallest absolute Gasteiger partial charge is 0.303 e. The van der Waals surface area contributed by atoms with Crippen molar-refractivity contribution in [2.75, 3.05) is 19.6 Å². The predicted molar refractivity (Wildman–Crippen MR) is 82.0 cm³/mol. The van der Waals surface area contributed by atoms with Crippen molar-refractivity contribution in [1.29, 1.82) is 0 Å². The number of aliphatic hydroxyl groups is 1. The van der Waals surface area contributed by atoms with Crippen molar-refractivity contribution in [2.45, 2.75) is 38.2 Å². The number of hydrogen-bond donors (Lipinski definition) is 2. The van der Waals surface area contributed by atoms with E-state index in [0.29, 0.717) is 12.5 Å². The molecule has 2 rings (SSSR count). The second-order valence-electron chi connectivity index (χ2n) is 6.32. The molecule has 1 heterocycles. The van der Waals surface area contributed by atoms with E-state index in [1.807, 2.05) is 37.3 Å². The first-order chi connectivity index (χ1) is 9.97. The molecule has 1 saturated heterocycles. The lowest BCUT2D eigenvalue weighted by molar-refractivity contribution is -0.137. The Morgan fingerprint density at radius 2 is 2.10 bits per heavy atom. The van der Waals surface area contributed by atoms with Gasteiger partial charge in [0.05, 0.1) is 5.60 Å². The summed E-state index contributed by atoms with van der Waals surface area (Å²) in [7, 11) is 0. The van der Waals surface area contributed by atoms with Gasteiger partial charge in [0, 0.05) is 19.5 Å². The maximum absolute atomic E-state index is 10.7. The number of carboxylic acids is 1. The van der Waals surface area contributed by atoms with Crippen LogP contribution in [0.3, 0.4) is 0 Å². The SMILES string of the molecule is CC(O)(CN1CCCC(CCC(=O)O)C1)c1ccccc1. The second-order valence-corrected chi connectivity index (χ2v) is 6.32. The molecule has 0 spiro atoms. The zero-order valence-electron chi connectivity index (χ0n) is 12.7. The highest BCUT2D eigenvalue weighted by molar-refractivity contribution is 5.66. The average Bonchev–Trinajstić information content (AvgIpc) is 2.46. The van der Waals surface area contributed by atoms with Crippen LogP contribution in [-0.2, 0) is 10.4 Å². The largest absolute Gasteiger partial charge is 0.481 e. The normalized spacial score (nSPS) is 22.7. The molecule has 0 bridgehead atoms. The molecule has 1 aromatic rings. The lowest BCUT2D eigenvalue weighted by Gasteiger charge is -2.37. The molecule has 2 unspecified atom stereocenters. The first kappa shape index (κ1) is 16.0. The van der Waals surface area contributed by atoms with E-state index >= 15 is 0 Å². The van der Waals surface area contributed by atoms with E-state index < -0.39 is 11.6 Å². The highest BCUT2D eigenvalue weighted by Crippen LogP contribution is 2.26. The molecule has 4 heteroatoms. The Kier molecular flexibility index (Phi) is 5.37. The molecular weight excluding hydrogens is 266 g/mol. The minimum atomic E-state index is -0.865. The van der Waals surface area contributed by atoms with Gasteiger partial charge in [0.2, 0.25) is 0 Å². The molecule has 0 aliphatic carbocycles. The van der Waals surface area contributed by atoms with E-state index in [-0.39, 0.29) is 6.42 Å². The Bertz CT molecular complexity index is 458. The quantitative estimate of drug-likeness (QED) is 0.845. The summed E-state index contributed by atoms with van der Waals surface area (Å²) in [6.45, 7) is 4.31. The van der Waals surface area contributed by atoms with Gasteiger partial charge in [-0.15, -0.1) is 0 Å². The van der Waals surface area contributed by atoms with E-state index in [0.717, 1.165) is 37.9 Å². The summed E-state index contributed by atoms with van der Waals surface area (Å²) in [5.41, 5.74) is 0.0633. The summed E-state index contributed by atoms with van der Waals surface area (Å²) < 4.78 is 0. The first-order valence-corrected chi connectivity index (χ1v) is 7.69. The number of nitrogens with zero attached hydrogens (tertiary/aromatic N) is 1. The van der Waals surface area contributed by atoms with Crippen LogP contribution in [-0.4, -0.2) is 40.7 Å². The van der Waals surface area contributed by atoms with Gasteiger partial charge in [-0.1, -0.05) is 30.3 Å². The number of piperidine rings is 1. The standard InChI is InChI=1S/C17H25NO3/c1-17(21,15-7-3-2-4-8-15)13-18-11-5-6-14(12-18)9-10-16(19)20/h2-4,7-8,14,21H,5-6,9-13H2,1H3,(H,19,20). The van der Waals surface area contributed by atoms with Gasteiger partial charge >= 0.3 is 5.97 Å². The van der Waals surface area contributed by atoms with Crippen LogP contribution in [0, 0.1) is 5.92 Å². The Balaban J connectivity index is 1.91. The van der Waals surface area contributed by atoms with Crippen molar-refractivity contribution < 1.29 is 15.0 Å². The van der Waals surface area contributed by atoms with Crippen LogP contribution in [0.15, 0.2) is 30.3 Å². The molecule has 1 aromatic carbocycles. The zero-order valence-corrected chi connectivity index (χ0v) is 12.7. The maximum atomic E-state index is 10.7. The monoisotopic (exact) mass is 291 g/mol. The van der Waals surface area contributed by atoms with E-state index in [1.165, 1.54) is 0 Å². The minimum Gasteiger partial charge on any atom is -0.481 e. The van der Waals surface area contributed by atoms with E-state index in [4.69, 9.17) is 5.11 Å². The molecule has 21 heavy (non-hydrogen) atoms. The average molecular weight is 291 g/mol. The molecule has 2 atom stereocenters. The lowest BCUT2D eigenvalue weighted by atomic mass is 9.90. The summed E-state index contributed by atoms with van der Waals surface area (Å²) in [5.74, 6) is -0.287. The van der Waals surface area contributed by atoms with Crippen LogP contribution < -0.4 is 0 Å². The number of carbonyl (C=O) groups is 1. The number of rotatable bonds is 6. The number of hydrogen-bond acceptors (Lipinski definition) is 3. The van der Waals surface area contributed by atoms with Crippen LogP contribution in [0.2, 0.25) is 0 Å². The van der Waals surface area contributed by atoms with Crippen molar-refractivity contribution in [3.63, 3.8) is 0 Å². The van der Waals surface area contributed by atoms with Crippen molar-refractivity contribution in [2.24, 2.45) is 5.92 Å². The fraction of sp³-hybridized carbons (Fsp3) is 0.588. The molecule has 2 N–H and O–H groups in total. The van der Waals surface area contributed by atoms with Gasteiger partial charge in [-0.25, -0.2) is 0 Å². The van der Waals surface area contributed by atoms with Crippen molar-refractivity contribution in [3.05, 3.63) is 35.9 Å². The Morgan fingerprint density at radius 3 is 2.76 bits per heavy atom. The van der Waals surface area contributed by atoms with E-state index in [9.17, 15) is 9.90 Å². The third-order valence-corrected chi connectivity index (χ3v) is 4.30. The fourth-order valence-electron chi connectivity index (χ4n) is 3.18. The predicted octanol–water partition coefficient (Wildman–Crippen LogP) is 2.47. The van der Waals surface area contributed by atoms with Gasteiger partial charge in [-0.2, -0.15) is 0 Å². The highest BCUT2D eigenvalue weighted by Gasteiger charge is 2.29. The van der Waals surface area contributed by atoms with Crippen molar-refractivity contribution in [3.8, 4) is 0 Å². The molecule has 0 amide bonds. The molecule has 1 aliphatic rings. The molecule has 116 valence electrons. The van der Waals surface area contributed by atoms with Crippen LogP contribution in [0.4, 0.5) is 0 Å². The number of β-amino-alcohol motifs (C(OH)–C–C–N with tert-alkyl or cyclic N) is 1. The summed E-state index contributed by atoms with van der Waals surface area (Å²) in [5, 5.41) is 19.5. The first-order valence-electron chi connectivity index (χ1n) is 7.69. The molecule has 4 nitrogen and oxygen atoms in total. The van der Waals surface area contributed by atoms with Crippen molar-refractivity contribution in [1.82, 2.24) is 4.90 Å². The second kappa shape index (κ2) is 7.05. The molecule has 1 fully saturated rings. The lowest BCUT2D eigenvalue weighted by Crippen LogP contribution is -2.44.